The molecule has 0 atom stereocenters. The van der Waals surface area contributed by atoms with E-state index in [4.69, 9.17) is 9.47 Å². The number of hydrogen-bond donors (Lipinski definition) is 1. The number of rotatable bonds is 5. The van der Waals surface area contributed by atoms with Crippen LogP contribution in [-0.2, 0) is 4.74 Å². The fourth-order valence-corrected chi connectivity index (χ4v) is 5.20. The minimum atomic E-state index is -0.652. The topological polar surface area (TPSA) is 83.1 Å². The lowest BCUT2D eigenvalue weighted by Gasteiger charge is -2.34. The number of carbonyl (C=O) groups excluding carboxylic acids is 1. The van der Waals surface area contributed by atoms with Gasteiger partial charge in [0.2, 0.25) is 5.95 Å². The van der Waals surface area contributed by atoms with E-state index < -0.39 is 17.2 Å². The van der Waals surface area contributed by atoms with Gasteiger partial charge in [-0.3, -0.25) is 0 Å². The molecule has 0 bridgehead atoms. The Morgan fingerprint density at radius 3 is 2.62 bits per heavy atom. The van der Waals surface area contributed by atoms with Crippen LogP contribution in [0.5, 0.6) is 5.75 Å². The second kappa shape index (κ2) is 12.0. The first-order valence-electron chi connectivity index (χ1n) is 14.3. The van der Waals surface area contributed by atoms with Gasteiger partial charge in [0.1, 0.15) is 17.9 Å². The Balaban J connectivity index is 1.33. The van der Waals surface area contributed by atoms with Crippen LogP contribution < -0.4 is 19.9 Å². The van der Waals surface area contributed by atoms with Crippen LogP contribution in [0.2, 0.25) is 0 Å². The average Bonchev–Trinajstić information content (AvgIpc) is 3.20. The number of ether oxygens (including phenoxy) is 2. The molecule has 2 aliphatic heterocycles. The van der Waals surface area contributed by atoms with Crippen LogP contribution in [0.4, 0.5) is 36.6 Å². The molecule has 0 spiro atoms. The lowest BCUT2D eigenvalue weighted by molar-refractivity contribution is 0.0263. The van der Waals surface area contributed by atoms with Gasteiger partial charge in [-0.2, -0.15) is 0 Å². The zero-order valence-corrected chi connectivity index (χ0v) is 24.8. The Morgan fingerprint density at radius 1 is 1.05 bits per heavy atom. The average molecular weight is 581 g/mol. The monoisotopic (exact) mass is 580 g/mol. The lowest BCUT2D eigenvalue weighted by atomic mass is 10.1. The predicted molar refractivity (Wildman–Crippen MR) is 160 cm³/mol. The number of benzene rings is 2. The molecule has 11 heteroatoms. The van der Waals surface area contributed by atoms with Crippen LogP contribution in [-0.4, -0.2) is 71.9 Å². The molecule has 5 rings (SSSR count). The Labute approximate surface area is 245 Å². The number of aromatic nitrogens is 2. The zero-order chi connectivity index (χ0) is 30.0. The molecule has 2 aliphatic rings. The summed E-state index contributed by atoms with van der Waals surface area (Å²) in [7, 11) is 0. The highest BCUT2D eigenvalue weighted by molar-refractivity contribution is 5.73. The van der Waals surface area contributed by atoms with Gasteiger partial charge in [-0.05, 0) is 71.4 Å². The van der Waals surface area contributed by atoms with Crippen molar-refractivity contribution in [2.75, 3.05) is 54.4 Å². The third kappa shape index (κ3) is 6.66. The van der Waals surface area contributed by atoms with Crippen LogP contribution in [0.3, 0.4) is 0 Å². The summed E-state index contributed by atoms with van der Waals surface area (Å²) in [4.78, 5) is 27.1. The summed E-state index contributed by atoms with van der Waals surface area (Å²) >= 11 is 0. The van der Waals surface area contributed by atoms with Crippen LogP contribution in [0.15, 0.2) is 42.6 Å². The highest BCUT2D eigenvalue weighted by Crippen LogP contribution is 2.39. The van der Waals surface area contributed by atoms with Gasteiger partial charge in [0.15, 0.2) is 17.4 Å². The Hall–Kier alpha value is -4.15. The molecule has 9 nitrogen and oxygen atoms in total. The smallest absolute Gasteiger partial charge is 0.410 e. The van der Waals surface area contributed by atoms with Gasteiger partial charge >= 0.3 is 6.09 Å². The normalized spacial score (nSPS) is 15.7. The van der Waals surface area contributed by atoms with Crippen molar-refractivity contribution >= 4 is 29.1 Å². The van der Waals surface area contributed by atoms with Crippen molar-refractivity contribution in [1.29, 1.82) is 0 Å². The van der Waals surface area contributed by atoms with E-state index in [9.17, 15) is 9.18 Å². The summed E-state index contributed by atoms with van der Waals surface area (Å²) in [6.45, 7) is 13.2. The van der Waals surface area contributed by atoms with E-state index in [1.807, 2.05) is 63.8 Å². The summed E-state index contributed by atoms with van der Waals surface area (Å²) in [6.07, 6.45) is 1.59. The van der Waals surface area contributed by atoms with Gasteiger partial charge in [0.25, 0.3) is 0 Å². The van der Waals surface area contributed by atoms with Gasteiger partial charge < -0.3 is 29.5 Å². The molecule has 1 amide bonds. The van der Waals surface area contributed by atoms with E-state index in [0.29, 0.717) is 49.7 Å². The van der Waals surface area contributed by atoms with Gasteiger partial charge in [0.05, 0.1) is 18.4 Å². The van der Waals surface area contributed by atoms with Gasteiger partial charge in [-0.25, -0.2) is 23.5 Å². The summed E-state index contributed by atoms with van der Waals surface area (Å²) in [5, 5.41) is 3.16. The van der Waals surface area contributed by atoms with E-state index >= 15 is 4.39 Å². The molecule has 0 unspecified atom stereocenters. The van der Waals surface area contributed by atoms with Crippen LogP contribution in [0.25, 0.3) is 11.3 Å². The minimum Gasteiger partial charge on any atom is -0.486 e. The quantitative estimate of drug-likeness (QED) is 0.381. The van der Waals surface area contributed by atoms with Gasteiger partial charge in [-0.15, -0.1) is 0 Å². The number of nitrogens with one attached hydrogen (secondary N) is 1. The summed E-state index contributed by atoms with van der Waals surface area (Å²) in [5.41, 5.74) is 2.03. The molecule has 224 valence electrons. The third-order valence-corrected chi connectivity index (χ3v) is 7.17. The minimum absolute atomic E-state index is 0.00520. The second-order valence-electron chi connectivity index (χ2n) is 11.8. The fraction of sp³-hybridized carbons (Fsp3) is 0.452. The van der Waals surface area contributed by atoms with Crippen molar-refractivity contribution in [3.05, 3.63) is 54.2 Å². The molecule has 42 heavy (non-hydrogen) atoms. The first kappa shape index (κ1) is 29.3. The Kier molecular flexibility index (Phi) is 8.38. The SMILES string of the molecule is CC(C)N1CCOc2c(F)cc(-c3nc(Nc4cccc(N5CCCN(C(=O)OC(C)(C)C)CC5)c4)ncc3F)cc21. The third-order valence-electron chi connectivity index (χ3n) is 7.17. The highest BCUT2D eigenvalue weighted by atomic mass is 19.1. The Bertz CT molecular complexity index is 1440. The number of fused-ring (bicyclic) bond motifs is 1. The van der Waals surface area contributed by atoms with Crippen molar-refractivity contribution in [2.24, 2.45) is 0 Å². The highest BCUT2D eigenvalue weighted by Gasteiger charge is 2.27. The first-order chi connectivity index (χ1) is 20.0. The molecular weight excluding hydrogens is 542 g/mol. The van der Waals surface area contributed by atoms with E-state index in [-0.39, 0.29) is 29.5 Å². The van der Waals surface area contributed by atoms with Crippen LogP contribution in [0, 0.1) is 11.6 Å². The maximum Gasteiger partial charge on any atom is 0.410 e. The summed E-state index contributed by atoms with van der Waals surface area (Å²) in [5.74, 6) is -0.854. The molecule has 1 N–H and O–H groups in total. The first-order valence-corrected chi connectivity index (χ1v) is 14.3. The molecule has 3 heterocycles. The molecule has 0 aliphatic carbocycles. The lowest BCUT2D eigenvalue weighted by Crippen LogP contribution is -2.39. The van der Waals surface area contributed by atoms with Crippen molar-refractivity contribution in [1.82, 2.24) is 14.9 Å². The van der Waals surface area contributed by atoms with Gasteiger partial charge in [-0.1, -0.05) is 6.07 Å². The molecule has 1 aromatic heterocycles. The predicted octanol–water partition coefficient (Wildman–Crippen LogP) is 6.22. The van der Waals surface area contributed by atoms with Crippen LogP contribution >= 0.6 is 0 Å². The molecule has 2 aromatic carbocycles. The van der Waals surface area contributed by atoms with E-state index in [1.54, 1.807) is 11.0 Å². The molecule has 1 fully saturated rings. The molecular formula is C31H38F2N6O3. The van der Waals surface area contributed by atoms with E-state index in [2.05, 4.69) is 20.2 Å². The summed E-state index contributed by atoms with van der Waals surface area (Å²) in [6, 6.07) is 10.8. The number of amides is 1. The number of carbonyl (C=O) groups is 1. The van der Waals surface area contributed by atoms with E-state index in [0.717, 1.165) is 24.8 Å². The Morgan fingerprint density at radius 2 is 1.86 bits per heavy atom. The van der Waals surface area contributed by atoms with Crippen molar-refractivity contribution in [2.45, 2.75) is 52.7 Å². The second-order valence-corrected chi connectivity index (χ2v) is 11.8. The van der Waals surface area contributed by atoms with Gasteiger partial charge in [0, 0.05) is 49.2 Å². The fourth-order valence-electron chi connectivity index (χ4n) is 5.20. The maximum atomic E-state index is 15.1. The largest absolute Gasteiger partial charge is 0.486 e. The number of hydrogen-bond acceptors (Lipinski definition) is 8. The number of nitrogens with zero attached hydrogens (tertiary/aromatic N) is 5. The van der Waals surface area contributed by atoms with E-state index in [1.165, 1.54) is 6.07 Å². The molecule has 1 saturated heterocycles. The summed E-state index contributed by atoms with van der Waals surface area (Å²) < 4.78 is 41.2. The van der Waals surface area contributed by atoms with Crippen molar-refractivity contribution in [3.63, 3.8) is 0 Å². The molecule has 0 saturated carbocycles. The zero-order valence-electron chi connectivity index (χ0n) is 24.8. The maximum absolute atomic E-state index is 15.1. The number of halogens is 2. The van der Waals surface area contributed by atoms with Crippen molar-refractivity contribution in [3.8, 4) is 17.0 Å². The molecule has 0 radical (unpaired) electrons. The van der Waals surface area contributed by atoms with Crippen LogP contribution in [0.1, 0.15) is 41.0 Å². The molecule has 3 aromatic rings. The number of anilines is 4. The standard InChI is InChI=1S/C31H38F2N6O3/c1-20(2)39-14-15-41-28-24(32)16-21(17-26(28)39)27-25(33)19-34-29(36-27)35-22-8-6-9-23(18-22)37-10-7-11-38(13-12-37)30(40)42-31(3,4)5/h6,8-9,16-20H,7,10-15H2,1-5H3,(H,34,35,36). The van der Waals surface area contributed by atoms with Crippen molar-refractivity contribution < 1.29 is 23.0 Å².